The predicted molar refractivity (Wildman–Crippen MR) is 88.3 cm³/mol. The molecule has 1 amide bonds. The van der Waals surface area contributed by atoms with E-state index in [2.05, 4.69) is 5.32 Å². The van der Waals surface area contributed by atoms with Crippen molar-refractivity contribution in [3.8, 4) is 11.5 Å². The Kier molecular flexibility index (Phi) is 5.42. The van der Waals surface area contributed by atoms with Crippen molar-refractivity contribution < 1.29 is 14.3 Å². The summed E-state index contributed by atoms with van der Waals surface area (Å²) in [6.07, 6.45) is 4.52. The Balaban J connectivity index is 0.00000176. The van der Waals surface area contributed by atoms with Gasteiger partial charge in [0.05, 0.1) is 16.2 Å². The van der Waals surface area contributed by atoms with Gasteiger partial charge in [-0.2, -0.15) is 0 Å². The number of halogens is 2. The van der Waals surface area contributed by atoms with E-state index in [4.69, 9.17) is 26.8 Å². The maximum absolute atomic E-state index is 12.4. The molecule has 0 atom stereocenters. The Morgan fingerprint density at radius 2 is 1.73 bits per heavy atom. The third kappa shape index (κ3) is 3.42. The van der Waals surface area contributed by atoms with Gasteiger partial charge in [0.1, 0.15) is 13.2 Å². The van der Waals surface area contributed by atoms with Crippen molar-refractivity contribution in [3.63, 3.8) is 0 Å². The molecule has 1 fully saturated rings. The molecular weight excluding hydrogens is 327 g/mol. The lowest BCUT2D eigenvalue weighted by molar-refractivity contribution is -0.122. The van der Waals surface area contributed by atoms with Gasteiger partial charge < -0.3 is 20.5 Å². The van der Waals surface area contributed by atoms with E-state index < -0.39 is 5.54 Å². The van der Waals surface area contributed by atoms with Gasteiger partial charge in [0.15, 0.2) is 11.5 Å². The minimum atomic E-state index is -0.797. The zero-order valence-electron chi connectivity index (χ0n) is 12.2. The molecule has 0 unspecified atom stereocenters. The van der Waals surface area contributed by atoms with Crippen molar-refractivity contribution in [2.24, 2.45) is 5.73 Å². The molecule has 1 aliphatic heterocycles. The average molecular weight is 347 g/mol. The van der Waals surface area contributed by atoms with Crippen LogP contribution in [0.3, 0.4) is 0 Å². The lowest BCUT2D eigenvalue weighted by Gasteiger charge is -2.32. The third-order valence-corrected chi connectivity index (χ3v) is 4.39. The van der Waals surface area contributed by atoms with Crippen LogP contribution in [-0.4, -0.2) is 24.7 Å². The van der Waals surface area contributed by atoms with E-state index >= 15 is 0 Å². The maximum Gasteiger partial charge on any atom is 0.244 e. The largest absolute Gasteiger partial charge is 0.486 e. The highest BCUT2D eigenvalue weighted by Crippen LogP contribution is 2.38. The van der Waals surface area contributed by atoms with Gasteiger partial charge in [-0.3, -0.25) is 4.79 Å². The first-order valence-corrected chi connectivity index (χ1v) is 7.66. The van der Waals surface area contributed by atoms with Crippen LogP contribution in [0.25, 0.3) is 0 Å². The van der Waals surface area contributed by atoms with Gasteiger partial charge in [0, 0.05) is 12.1 Å². The number of nitrogens with two attached hydrogens (primary N) is 1. The summed E-state index contributed by atoms with van der Waals surface area (Å²) in [5, 5.41) is 3.26. The normalized spacial score (nSPS) is 19.0. The topological polar surface area (TPSA) is 73.6 Å². The first-order chi connectivity index (χ1) is 10.1. The zero-order chi connectivity index (χ0) is 14.9. The Bertz CT molecular complexity index is 560. The van der Waals surface area contributed by atoms with Gasteiger partial charge in [-0.25, -0.2) is 0 Å². The van der Waals surface area contributed by atoms with Crippen LogP contribution in [0.2, 0.25) is 5.02 Å². The molecule has 5 nitrogen and oxygen atoms in total. The molecule has 0 spiro atoms. The number of nitrogens with one attached hydrogen (secondary N) is 1. The predicted octanol–water partition coefficient (Wildman–Crippen LogP) is 3.13. The SMILES string of the molecule is Cl.NC1(C(=O)Nc2cc3c(cc2Cl)OCCO3)CCCCC1. The molecule has 1 aromatic rings. The second-order valence-electron chi connectivity index (χ2n) is 5.65. The van der Waals surface area contributed by atoms with Crippen molar-refractivity contribution in [1.29, 1.82) is 0 Å². The van der Waals surface area contributed by atoms with Gasteiger partial charge in [0.2, 0.25) is 5.91 Å². The maximum atomic E-state index is 12.4. The first-order valence-electron chi connectivity index (χ1n) is 7.28. The van der Waals surface area contributed by atoms with Gasteiger partial charge in [0.25, 0.3) is 0 Å². The number of hydrogen-bond acceptors (Lipinski definition) is 4. The number of amides is 1. The van der Waals surface area contributed by atoms with E-state index in [1.165, 1.54) is 0 Å². The molecule has 1 aliphatic carbocycles. The molecule has 1 saturated carbocycles. The molecule has 3 rings (SSSR count). The molecule has 1 aromatic carbocycles. The minimum absolute atomic E-state index is 0. The van der Waals surface area contributed by atoms with Crippen LogP contribution >= 0.6 is 24.0 Å². The standard InChI is InChI=1S/C15H19ClN2O3.ClH/c16-10-8-12-13(21-7-6-20-12)9-11(10)18-14(19)15(17)4-2-1-3-5-15;/h8-9H,1-7,17H2,(H,18,19);1H. The molecule has 0 aromatic heterocycles. The third-order valence-electron chi connectivity index (χ3n) is 4.08. The second-order valence-corrected chi connectivity index (χ2v) is 6.05. The quantitative estimate of drug-likeness (QED) is 0.862. The van der Waals surface area contributed by atoms with E-state index in [1.807, 2.05) is 0 Å². The number of carbonyl (C=O) groups is 1. The minimum Gasteiger partial charge on any atom is -0.486 e. The number of anilines is 1. The highest BCUT2D eigenvalue weighted by molar-refractivity contribution is 6.34. The number of fused-ring (bicyclic) bond motifs is 1. The molecule has 2 aliphatic rings. The Morgan fingerprint density at radius 1 is 1.14 bits per heavy atom. The summed E-state index contributed by atoms with van der Waals surface area (Å²) in [6, 6.07) is 3.36. The zero-order valence-corrected chi connectivity index (χ0v) is 13.8. The van der Waals surface area contributed by atoms with Crippen molar-refractivity contribution in [2.75, 3.05) is 18.5 Å². The molecule has 7 heteroatoms. The van der Waals surface area contributed by atoms with Gasteiger partial charge in [-0.15, -0.1) is 12.4 Å². The number of ether oxygens (including phenoxy) is 2. The number of benzene rings is 1. The van der Waals surface area contributed by atoms with Crippen molar-refractivity contribution in [2.45, 2.75) is 37.6 Å². The van der Waals surface area contributed by atoms with Crippen molar-refractivity contribution in [3.05, 3.63) is 17.2 Å². The lowest BCUT2D eigenvalue weighted by Crippen LogP contribution is -2.52. The number of hydrogen-bond donors (Lipinski definition) is 2. The fourth-order valence-electron chi connectivity index (χ4n) is 2.82. The summed E-state index contributed by atoms with van der Waals surface area (Å²) in [7, 11) is 0. The molecule has 1 heterocycles. The van der Waals surface area contributed by atoms with E-state index in [0.717, 1.165) is 19.3 Å². The fourth-order valence-corrected chi connectivity index (χ4v) is 3.02. The Hall–Kier alpha value is -1.17. The van der Waals surface area contributed by atoms with Crippen LogP contribution in [0.1, 0.15) is 32.1 Å². The second kappa shape index (κ2) is 6.94. The number of carbonyl (C=O) groups excluding carboxylic acids is 1. The smallest absolute Gasteiger partial charge is 0.244 e. The van der Waals surface area contributed by atoms with Crippen LogP contribution in [-0.2, 0) is 4.79 Å². The van der Waals surface area contributed by atoms with E-state index in [1.54, 1.807) is 12.1 Å². The Labute approximate surface area is 140 Å². The highest BCUT2D eigenvalue weighted by atomic mass is 35.5. The molecule has 0 saturated heterocycles. The van der Waals surface area contributed by atoms with Gasteiger partial charge in [-0.05, 0) is 12.8 Å². The molecule has 122 valence electrons. The molecule has 3 N–H and O–H groups in total. The Morgan fingerprint density at radius 3 is 2.36 bits per heavy atom. The van der Waals surface area contributed by atoms with Gasteiger partial charge in [-0.1, -0.05) is 30.9 Å². The van der Waals surface area contributed by atoms with E-state index in [-0.39, 0.29) is 18.3 Å². The molecule has 0 radical (unpaired) electrons. The van der Waals surface area contributed by atoms with Crippen LogP contribution < -0.4 is 20.5 Å². The summed E-state index contributed by atoms with van der Waals surface area (Å²) in [4.78, 5) is 12.4. The lowest BCUT2D eigenvalue weighted by atomic mass is 9.82. The van der Waals surface area contributed by atoms with Crippen LogP contribution in [0.15, 0.2) is 12.1 Å². The summed E-state index contributed by atoms with van der Waals surface area (Å²) in [5.41, 5.74) is 5.95. The summed E-state index contributed by atoms with van der Waals surface area (Å²) < 4.78 is 11.0. The van der Waals surface area contributed by atoms with Crippen LogP contribution in [0.4, 0.5) is 5.69 Å². The summed E-state index contributed by atoms with van der Waals surface area (Å²) in [5.74, 6) is 1.01. The molecule has 22 heavy (non-hydrogen) atoms. The highest BCUT2D eigenvalue weighted by Gasteiger charge is 2.35. The summed E-state index contributed by atoms with van der Waals surface area (Å²) >= 11 is 6.20. The monoisotopic (exact) mass is 346 g/mol. The van der Waals surface area contributed by atoms with Gasteiger partial charge >= 0.3 is 0 Å². The van der Waals surface area contributed by atoms with Crippen molar-refractivity contribution >= 4 is 35.6 Å². The fraction of sp³-hybridized carbons (Fsp3) is 0.533. The molecule has 0 bridgehead atoms. The van der Waals surface area contributed by atoms with Crippen molar-refractivity contribution in [1.82, 2.24) is 0 Å². The number of rotatable bonds is 2. The average Bonchev–Trinajstić information content (AvgIpc) is 2.48. The summed E-state index contributed by atoms with van der Waals surface area (Å²) in [6.45, 7) is 0.990. The van der Waals surface area contributed by atoms with E-state index in [9.17, 15) is 4.79 Å². The van der Waals surface area contributed by atoms with Crippen LogP contribution in [0.5, 0.6) is 11.5 Å². The first kappa shape index (κ1) is 17.2. The van der Waals surface area contributed by atoms with E-state index in [0.29, 0.717) is 48.3 Å². The van der Waals surface area contributed by atoms with Crippen LogP contribution in [0, 0.1) is 0 Å². The molecular formula is C15H20Cl2N2O3.